The standard InChI is InChI=1S/C20H20N4O4/c1-25-15-7-11-12(8-16(15)26-2)22-19(21-11)5-6-20-23-13-9-17(27-3)18(28-4)10-14(13)24-20/h5-10H,1-4H3,(H,21,22)(H,23,24)/b6-5+. The van der Waals surface area contributed by atoms with Crippen molar-refractivity contribution in [2.75, 3.05) is 28.4 Å². The molecule has 0 unspecified atom stereocenters. The SMILES string of the molecule is COc1cc2nc(/C=C/c3nc4cc(OC)c(OC)cc4[nH]3)[nH]c2cc1OC. The molecule has 0 aliphatic heterocycles. The maximum absolute atomic E-state index is 5.33. The van der Waals surface area contributed by atoms with Gasteiger partial charge in [0.25, 0.3) is 0 Å². The molecule has 4 rings (SSSR count). The summed E-state index contributed by atoms with van der Waals surface area (Å²) in [5.41, 5.74) is 3.29. The number of nitrogens with zero attached hydrogens (tertiary/aromatic N) is 2. The summed E-state index contributed by atoms with van der Waals surface area (Å²) < 4.78 is 21.3. The van der Waals surface area contributed by atoms with E-state index in [0.717, 1.165) is 22.1 Å². The van der Waals surface area contributed by atoms with E-state index >= 15 is 0 Å². The molecule has 0 spiro atoms. The molecule has 2 aromatic heterocycles. The van der Waals surface area contributed by atoms with Crippen molar-refractivity contribution in [3.63, 3.8) is 0 Å². The third-order valence-corrected chi connectivity index (χ3v) is 4.41. The van der Waals surface area contributed by atoms with Crippen molar-refractivity contribution in [2.24, 2.45) is 0 Å². The number of aromatic amines is 2. The lowest BCUT2D eigenvalue weighted by atomic mass is 10.3. The molecular formula is C20H20N4O4. The van der Waals surface area contributed by atoms with Crippen LogP contribution in [0, 0.1) is 0 Å². The van der Waals surface area contributed by atoms with Crippen molar-refractivity contribution in [3.8, 4) is 23.0 Å². The molecule has 0 amide bonds. The molecule has 0 fully saturated rings. The van der Waals surface area contributed by atoms with Crippen LogP contribution in [-0.4, -0.2) is 48.4 Å². The number of aromatic nitrogens is 4. The van der Waals surface area contributed by atoms with Crippen LogP contribution in [0.5, 0.6) is 23.0 Å². The molecule has 0 saturated heterocycles. The smallest absolute Gasteiger partial charge is 0.163 e. The Hall–Kier alpha value is -3.68. The summed E-state index contributed by atoms with van der Waals surface area (Å²) in [6, 6.07) is 7.39. The van der Waals surface area contributed by atoms with E-state index in [1.165, 1.54) is 0 Å². The number of methoxy groups -OCH3 is 4. The minimum Gasteiger partial charge on any atom is -0.493 e. The molecule has 2 aromatic carbocycles. The number of imidazole rings is 2. The number of rotatable bonds is 6. The van der Waals surface area contributed by atoms with Gasteiger partial charge in [-0.15, -0.1) is 0 Å². The fourth-order valence-electron chi connectivity index (χ4n) is 3.03. The highest BCUT2D eigenvalue weighted by Gasteiger charge is 2.10. The minimum atomic E-state index is 0.636. The average molecular weight is 380 g/mol. The van der Waals surface area contributed by atoms with Crippen molar-refractivity contribution in [1.82, 2.24) is 19.9 Å². The van der Waals surface area contributed by atoms with Crippen LogP contribution in [0.4, 0.5) is 0 Å². The Bertz CT molecular complexity index is 1000. The predicted octanol–water partition coefficient (Wildman–Crippen LogP) is 3.64. The lowest BCUT2D eigenvalue weighted by Crippen LogP contribution is -1.89. The van der Waals surface area contributed by atoms with Crippen LogP contribution in [-0.2, 0) is 0 Å². The molecule has 2 N–H and O–H groups in total. The lowest BCUT2D eigenvalue weighted by Gasteiger charge is -2.06. The monoisotopic (exact) mass is 380 g/mol. The Balaban J connectivity index is 1.66. The summed E-state index contributed by atoms with van der Waals surface area (Å²) in [4.78, 5) is 15.6. The van der Waals surface area contributed by atoms with Crippen LogP contribution in [0.3, 0.4) is 0 Å². The maximum atomic E-state index is 5.33. The Morgan fingerprint density at radius 3 is 1.32 bits per heavy atom. The first-order chi connectivity index (χ1) is 13.6. The number of H-pyrrole nitrogens is 2. The molecule has 0 aliphatic rings. The normalized spacial score (nSPS) is 11.4. The summed E-state index contributed by atoms with van der Waals surface area (Å²) in [6.07, 6.45) is 3.70. The van der Waals surface area contributed by atoms with Crippen LogP contribution < -0.4 is 18.9 Å². The van der Waals surface area contributed by atoms with Gasteiger partial charge in [0.1, 0.15) is 11.6 Å². The largest absolute Gasteiger partial charge is 0.493 e. The van der Waals surface area contributed by atoms with Crippen LogP contribution in [0.15, 0.2) is 24.3 Å². The second kappa shape index (κ2) is 7.15. The van der Waals surface area contributed by atoms with Gasteiger partial charge in [-0.2, -0.15) is 0 Å². The average Bonchev–Trinajstić information content (AvgIpc) is 3.31. The molecule has 8 nitrogen and oxygen atoms in total. The zero-order valence-corrected chi connectivity index (χ0v) is 16.0. The number of hydrogen-bond donors (Lipinski definition) is 2. The molecule has 0 aliphatic carbocycles. The maximum Gasteiger partial charge on any atom is 0.163 e. The summed E-state index contributed by atoms with van der Waals surface area (Å²) in [5.74, 6) is 3.96. The van der Waals surface area contributed by atoms with Gasteiger partial charge >= 0.3 is 0 Å². The Morgan fingerprint density at radius 2 is 0.964 bits per heavy atom. The van der Waals surface area contributed by atoms with Crippen molar-refractivity contribution >= 4 is 34.2 Å². The number of benzene rings is 2. The summed E-state index contributed by atoms with van der Waals surface area (Å²) in [6.45, 7) is 0. The van der Waals surface area contributed by atoms with E-state index < -0.39 is 0 Å². The third-order valence-electron chi connectivity index (χ3n) is 4.41. The first kappa shape index (κ1) is 17.7. The van der Waals surface area contributed by atoms with Gasteiger partial charge in [-0.3, -0.25) is 0 Å². The highest BCUT2D eigenvalue weighted by atomic mass is 16.5. The van der Waals surface area contributed by atoms with Gasteiger partial charge in [0.2, 0.25) is 0 Å². The summed E-state index contributed by atoms with van der Waals surface area (Å²) >= 11 is 0. The van der Waals surface area contributed by atoms with Gasteiger partial charge in [0.15, 0.2) is 23.0 Å². The van der Waals surface area contributed by atoms with Crippen molar-refractivity contribution < 1.29 is 18.9 Å². The Kier molecular flexibility index (Phi) is 4.52. The van der Waals surface area contributed by atoms with E-state index in [1.54, 1.807) is 28.4 Å². The summed E-state index contributed by atoms with van der Waals surface area (Å²) in [5, 5.41) is 0. The minimum absolute atomic E-state index is 0.636. The zero-order valence-electron chi connectivity index (χ0n) is 16.0. The van der Waals surface area contributed by atoms with Crippen molar-refractivity contribution in [2.45, 2.75) is 0 Å². The number of ether oxygens (including phenoxy) is 4. The lowest BCUT2D eigenvalue weighted by molar-refractivity contribution is 0.356. The van der Waals surface area contributed by atoms with Crippen molar-refractivity contribution in [1.29, 1.82) is 0 Å². The van der Waals surface area contributed by atoms with E-state index in [1.807, 2.05) is 36.4 Å². The first-order valence-corrected chi connectivity index (χ1v) is 8.56. The van der Waals surface area contributed by atoms with E-state index in [4.69, 9.17) is 18.9 Å². The van der Waals surface area contributed by atoms with E-state index in [-0.39, 0.29) is 0 Å². The van der Waals surface area contributed by atoms with E-state index in [2.05, 4.69) is 19.9 Å². The van der Waals surface area contributed by atoms with Gasteiger partial charge in [-0.25, -0.2) is 9.97 Å². The Labute approximate surface area is 161 Å². The molecule has 2 heterocycles. The van der Waals surface area contributed by atoms with Gasteiger partial charge in [-0.05, 0) is 12.2 Å². The Morgan fingerprint density at radius 1 is 0.607 bits per heavy atom. The molecule has 8 heteroatoms. The molecule has 28 heavy (non-hydrogen) atoms. The molecule has 0 bridgehead atoms. The topological polar surface area (TPSA) is 94.3 Å². The fraction of sp³-hybridized carbons (Fsp3) is 0.200. The van der Waals surface area contributed by atoms with Crippen molar-refractivity contribution in [3.05, 3.63) is 35.9 Å². The van der Waals surface area contributed by atoms with Crippen LogP contribution in [0.25, 0.3) is 34.2 Å². The number of nitrogens with one attached hydrogen (secondary N) is 2. The quantitative estimate of drug-likeness (QED) is 0.530. The molecule has 4 aromatic rings. The predicted molar refractivity (Wildman–Crippen MR) is 107 cm³/mol. The summed E-state index contributed by atoms with van der Waals surface area (Å²) in [7, 11) is 6.41. The molecule has 144 valence electrons. The van der Waals surface area contributed by atoms with Gasteiger partial charge in [-0.1, -0.05) is 0 Å². The van der Waals surface area contributed by atoms with Gasteiger partial charge in [0, 0.05) is 24.3 Å². The molecule has 0 saturated carbocycles. The second-order valence-corrected chi connectivity index (χ2v) is 6.03. The molecular weight excluding hydrogens is 360 g/mol. The third kappa shape index (κ3) is 3.09. The molecule has 0 radical (unpaired) electrons. The van der Waals surface area contributed by atoms with Gasteiger partial charge in [0.05, 0.1) is 50.5 Å². The zero-order chi connectivity index (χ0) is 19.7. The van der Waals surface area contributed by atoms with Crippen LogP contribution in [0.2, 0.25) is 0 Å². The van der Waals surface area contributed by atoms with Gasteiger partial charge < -0.3 is 28.9 Å². The van der Waals surface area contributed by atoms with E-state index in [0.29, 0.717) is 34.6 Å². The number of hydrogen-bond acceptors (Lipinski definition) is 6. The van der Waals surface area contributed by atoms with Crippen LogP contribution in [0.1, 0.15) is 11.6 Å². The number of fused-ring (bicyclic) bond motifs is 2. The molecule has 0 atom stereocenters. The fourth-order valence-corrected chi connectivity index (χ4v) is 3.03. The second-order valence-electron chi connectivity index (χ2n) is 6.03. The highest BCUT2D eigenvalue weighted by Crippen LogP contribution is 2.32. The van der Waals surface area contributed by atoms with E-state index in [9.17, 15) is 0 Å². The first-order valence-electron chi connectivity index (χ1n) is 8.56. The highest BCUT2D eigenvalue weighted by molar-refractivity contribution is 5.84. The van der Waals surface area contributed by atoms with Crippen LogP contribution >= 0.6 is 0 Å².